The zero-order valence-corrected chi connectivity index (χ0v) is 11.1. The van der Waals surface area contributed by atoms with E-state index in [0.717, 1.165) is 23.3 Å². The molecule has 0 spiro atoms. The van der Waals surface area contributed by atoms with Crippen LogP contribution in [0.25, 0.3) is 0 Å². The summed E-state index contributed by atoms with van der Waals surface area (Å²) in [7, 11) is -1.18. The fraction of sp³-hybridized carbons (Fsp3) is 0.429. The Morgan fingerprint density at radius 2 is 2.00 bits per heavy atom. The van der Waals surface area contributed by atoms with Crippen LogP contribution >= 0.6 is 0 Å². The molecular formula is C14H18O2S. The molecule has 0 saturated carbocycles. The Bertz CT molecular complexity index is 426. The number of hydrogen-bond acceptors (Lipinski definition) is 2. The summed E-state index contributed by atoms with van der Waals surface area (Å²) in [4.78, 5) is 0.743. The first-order valence-corrected chi connectivity index (χ1v) is 7.07. The second kappa shape index (κ2) is 7.26. The van der Waals surface area contributed by atoms with Crippen molar-refractivity contribution in [2.24, 2.45) is 0 Å². The molecule has 1 aromatic rings. The molecule has 0 bridgehead atoms. The van der Waals surface area contributed by atoms with E-state index in [9.17, 15) is 9.32 Å². The predicted molar refractivity (Wildman–Crippen MR) is 71.1 cm³/mol. The highest BCUT2D eigenvalue weighted by molar-refractivity contribution is 7.85. The van der Waals surface area contributed by atoms with Crippen molar-refractivity contribution in [3.8, 4) is 11.8 Å². The van der Waals surface area contributed by atoms with Crippen molar-refractivity contribution in [3.05, 3.63) is 29.8 Å². The van der Waals surface area contributed by atoms with Gasteiger partial charge in [0, 0.05) is 11.3 Å². The standard InChI is InChI=1S/C14H18O2S/c1-3-4-5-6-13(15)11-17(16)14-9-7-12(2)8-10-14/h7-10,13,15H,3-4,11H2,1-2H3/t13-,17+/m0/s1. The Hall–Kier alpha value is -1.11. The molecule has 1 rings (SSSR count). The minimum absolute atomic E-state index is 0.180. The van der Waals surface area contributed by atoms with Gasteiger partial charge in [-0.2, -0.15) is 0 Å². The maximum absolute atomic E-state index is 11.9. The second-order valence-corrected chi connectivity index (χ2v) is 5.41. The summed E-state index contributed by atoms with van der Waals surface area (Å²) < 4.78 is 11.9. The minimum atomic E-state index is -1.18. The first kappa shape index (κ1) is 14.0. The molecule has 1 aromatic carbocycles. The van der Waals surface area contributed by atoms with E-state index in [4.69, 9.17) is 0 Å². The van der Waals surface area contributed by atoms with E-state index >= 15 is 0 Å². The number of aliphatic hydroxyl groups excluding tert-OH is 1. The van der Waals surface area contributed by atoms with Gasteiger partial charge in [-0.05, 0) is 25.5 Å². The minimum Gasteiger partial charge on any atom is -0.379 e. The van der Waals surface area contributed by atoms with Gasteiger partial charge in [-0.25, -0.2) is 0 Å². The van der Waals surface area contributed by atoms with E-state index in [2.05, 4.69) is 11.8 Å². The molecule has 0 saturated heterocycles. The van der Waals surface area contributed by atoms with Crippen molar-refractivity contribution in [2.75, 3.05) is 5.75 Å². The molecular weight excluding hydrogens is 232 g/mol. The van der Waals surface area contributed by atoms with Crippen LogP contribution in [0.1, 0.15) is 25.3 Å². The van der Waals surface area contributed by atoms with Crippen LogP contribution in [0.2, 0.25) is 0 Å². The molecule has 0 radical (unpaired) electrons. The molecule has 0 unspecified atom stereocenters. The third kappa shape index (κ3) is 5.16. The molecule has 2 nitrogen and oxygen atoms in total. The summed E-state index contributed by atoms with van der Waals surface area (Å²) in [5, 5.41) is 9.60. The number of aryl methyl sites for hydroxylation is 1. The maximum atomic E-state index is 11.9. The van der Waals surface area contributed by atoms with Gasteiger partial charge in [-0.1, -0.05) is 30.5 Å². The fourth-order valence-corrected chi connectivity index (χ4v) is 2.29. The molecule has 0 aliphatic carbocycles. The number of aliphatic hydroxyl groups is 1. The summed E-state index contributed by atoms with van der Waals surface area (Å²) >= 11 is 0. The van der Waals surface area contributed by atoms with Crippen molar-refractivity contribution in [3.63, 3.8) is 0 Å². The topological polar surface area (TPSA) is 37.3 Å². The molecule has 92 valence electrons. The third-order valence-electron chi connectivity index (χ3n) is 2.24. The van der Waals surface area contributed by atoms with Crippen LogP contribution in [0.4, 0.5) is 0 Å². The van der Waals surface area contributed by atoms with E-state index in [1.807, 2.05) is 38.1 Å². The van der Waals surface area contributed by atoms with E-state index in [1.54, 1.807) is 0 Å². The third-order valence-corrected chi connectivity index (χ3v) is 3.65. The quantitative estimate of drug-likeness (QED) is 0.832. The second-order valence-electron chi connectivity index (χ2n) is 3.91. The molecule has 17 heavy (non-hydrogen) atoms. The van der Waals surface area contributed by atoms with Gasteiger partial charge in [0.2, 0.25) is 0 Å². The first-order chi connectivity index (χ1) is 8.13. The van der Waals surface area contributed by atoms with Crippen molar-refractivity contribution in [1.82, 2.24) is 0 Å². The van der Waals surface area contributed by atoms with Gasteiger partial charge < -0.3 is 5.11 Å². The van der Waals surface area contributed by atoms with Crippen LogP contribution in [-0.2, 0) is 10.8 Å². The molecule has 0 fully saturated rings. The molecule has 0 heterocycles. The number of benzene rings is 1. The largest absolute Gasteiger partial charge is 0.379 e. The number of hydrogen-bond donors (Lipinski definition) is 1. The van der Waals surface area contributed by atoms with Crippen molar-refractivity contribution < 1.29 is 9.32 Å². The zero-order chi connectivity index (χ0) is 12.7. The van der Waals surface area contributed by atoms with Crippen molar-refractivity contribution in [1.29, 1.82) is 0 Å². The lowest BCUT2D eigenvalue weighted by molar-refractivity contribution is 0.256. The summed E-state index contributed by atoms with van der Waals surface area (Å²) in [6.45, 7) is 4.02. The molecule has 0 aliphatic heterocycles. The Kier molecular flexibility index (Phi) is 5.96. The van der Waals surface area contributed by atoms with E-state index in [-0.39, 0.29) is 5.75 Å². The molecule has 2 atom stereocenters. The van der Waals surface area contributed by atoms with Crippen molar-refractivity contribution >= 4 is 10.8 Å². The van der Waals surface area contributed by atoms with Crippen LogP contribution < -0.4 is 0 Å². The van der Waals surface area contributed by atoms with Crippen LogP contribution in [0.5, 0.6) is 0 Å². The van der Waals surface area contributed by atoms with Crippen LogP contribution in [-0.4, -0.2) is 21.2 Å². The van der Waals surface area contributed by atoms with Crippen molar-refractivity contribution in [2.45, 2.75) is 37.7 Å². The van der Waals surface area contributed by atoms with E-state index in [0.29, 0.717) is 0 Å². The lowest BCUT2D eigenvalue weighted by Gasteiger charge is -2.04. The number of unbranched alkanes of at least 4 members (excludes halogenated alkanes) is 1. The summed E-state index contributed by atoms with van der Waals surface area (Å²) in [5.41, 5.74) is 1.13. The summed E-state index contributed by atoms with van der Waals surface area (Å²) in [6, 6.07) is 7.50. The smallest absolute Gasteiger partial charge is 0.126 e. The van der Waals surface area contributed by atoms with Gasteiger partial charge in [0.1, 0.15) is 6.10 Å². The maximum Gasteiger partial charge on any atom is 0.126 e. The highest BCUT2D eigenvalue weighted by Gasteiger charge is 2.08. The predicted octanol–water partition coefficient (Wildman–Crippen LogP) is 2.27. The summed E-state index contributed by atoms with van der Waals surface area (Å²) in [5.74, 6) is 5.75. The van der Waals surface area contributed by atoms with Crippen LogP contribution in [0.15, 0.2) is 29.2 Å². The van der Waals surface area contributed by atoms with Crippen LogP contribution in [0, 0.1) is 18.8 Å². The van der Waals surface area contributed by atoms with Gasteiger partial charge in [-0.3, -0.25) is 4.21 Å². The van der Waals surface area contributed by atoms with Gasteiger partial charge >= 0.3 is 0 Å². The molecule has 3 heteroatoms. The average molecular weight is 250 g/mol. The average Bonchev–Trinajstić information content (AvgIpc) is 2.30. The Labute approximate surface area is 106 Å². The Morgan fingerprint density at radius 3 is 2.59 bits per heavy atom. The first-order valence-electron chi connectivity index (χ1n) is 5.75. The zero-order valence-electron chi connectivity index (χ0n) is 10.3. The van der Waals surface area contributed by atoms with Crippen LogP contribution in [0.3, 0.4) is 0 Å². The normalized spacial score (nSPS) is 13.6. The van der Waals surface area contributed by atoms with Gasteiger partial charge in [-0.15, -0.1) is 5.92 Å². The molecule has 1 N–H and O–H groups in total. The van der Waals surface area contributed by atoms with E-state index < -0.39 is 16.9 Å². The van der Waals surface area contributed by atoms with E-state index in [1.165, 1.54) is 0 Å². The fourth-order valence-electron chi connectivity index (χ4n) is 1.29. The SMILES string of the molecule is CCCC#C[C@H](O)C[S@@](=O)c1ccc(C)cc1. The molecule has 0 aromatic heterocycles. The van der Waals surface area contributed by atoms with Gasteiger partial charge in [0.25, 0.3) is 0 Å². The highest BCUT2D eigenvalue weighted by atomic mass is 32.2. The molecule has 0 aliphatic rings. The monoisotopic (exact) mass is 250 g/mol. The lowest BCUT2D eigenvalue weighted by Crippen LogP contribution is -2.14. The van der Waals surface area contributed by atoms with Gasteiger partial charge in [0.15, 0.2) is 0 Å². The summed E-state index contributed by atoms with van der Waals surface area (Å²) in [6.07, 6.45) is 0.943. The molecule has 0 amide bonds. The Morgan fingerprint density at radius 1 is 1.35 bits per heavy atom. The van der Waals surface area contributed by atoms with Gasteiger partial charge in [0.05, 0.1) is 16.6 Å². The number of rotatable bonds is 4. The Balaban J connectivity index is 2.55. The highest BCUT2D eigenvalue weighted by Crippen LogP contribution is 2.09. The lowest BCUT2D eigenvalue weighted by atomic mass is 10.2.